The minimum absolute atomic E-state index is 0.113. The van der Waals surface area contributed by atoms with E-state index >= 15 is 0 Å². The maximum absolute atomic E-state index is 13.0. The van der Waals surface area contributed by atoms with Crippen molar-refractivity contribution in [3.8, 4) is 0 Å². The van der Waals surface area contributed by atoms with Crippen molar-refractivity contribution in [2.75, 3.05) is 7.11 Å². The van der Waals surface area contributed by atoms with E-state index in [0.29, 0.717) is 12.8 Å². The minimum atomic E-state index is -1.01. The summed E-state index contributed by atoms with van der Waals surface area (Å²) < 4.78 is 10.1. The van der Waals surface area contributed by atoms with Gasteiger partial charge in [0.15, 0.2) is 0 Å². The normalized spacial score (nSPS) is 20.3. The van der Waals surface area contributed by atoms with Crippen LogP contribution in [0.4, 0.5) is 4.79 Å². The van der Waals surface area contributed by atoms with Gasteiger partial charge in [0, 0.05) is 11.5 Å². The van der Waals surface area contributed by atoms with Gasteiger partial charge in [-0.25, -0.2) is 9.59 Å². The number of rotatable bonds is 7. The molecule has 9 nitrogen and oxygen atoms in total. The summed E-state index contributed by atoms with van der Waals surface area (Å²) in [6.07, 6.45) is 0.255. The quantitative estimate of drug-likeness (QED) is 0.521. The Morgan fingerprint density at radius 1 is 1.10 bits per heavy atom. The first-order valence-electron chi connectivity index (χ1n) is 10.6. The molecule has 0 unspecified atom stereocenters. The van der Waals surface area contributed by atoms with Crippen LogP contribution in [-0.2, 0) is 23.9 Å². The van der Waals surface area contributed by atoms with Crippen LogP contribution < -0.4 is 16.0 Å². The summed E-state index contributed by atoms with van der Waals surface area (Å²) in [7, 11) is 1.23. The Labute approximate surface area is 185 Å². The molecule has 0 aromatic heterocycles. The van der Waals surface area contributed by atoms with E-state index in [1.54, 1.807) is 20.8 Å². The minimum Gasteiger partial charge on any atom is -0.467 e. The van der Waals surface area contributed by atoms with Crippen LogP contribution in [0, 0.1) is 11.3 Å². The average Bonchev–Trinajstić information content (AvgIpc) is 2.81. The molecule has 0 saturated carbocycles. The Morgan fingerprint density at radius 2 is 1.68 bits per heavy atom. The summed E-state index contributed by atoms with van der Waals surface area (Å²) >= 11 is 0. The highest BCUT2D eigenvalue weighted by molar-refractivity contribution is 5.90. The molecule has 0 bridgehead atoms. The van der Waals surface area contributed by atoms with Gasteiger partial charge < -0.3 is 25.4 Å². The molecule has 3 N–H and O–H groups in total. The third-order valence-electron chi connectivity index (χ3n) is 4.74. The van der Waals surface area contributed by atoms with Gasteiger partial charge in [-0.3, -0.25) is 9.59 Å². The first-order valence-corrected chi connectivity index (χ1v) is 10.6. The van der Waals surface area contributed by atoms with Gasteiger partial charge in [0.05, 0.1) is 7.11 Å². The van der Waals surface area contributed by atoms with Crippen LogP contribution in [0.1, 0.15) is 74.7 Å². The molecule has 3 atom stereocenters. The van der Waals surface area contributed by atoms with Crippen LogP contribution in [-0.4, -0.2) is 54.2 Å². The topological polar surface area (TPSA) is 123 Å². The predicted octanol–water partition coefficient (Wildman–Crippen LogP) is 2.28. The molecule has 0 spiro atoms. The number of hydrogen-bond donors (Lipinski definition) is 3. The Kier molecular flexibility index (Phi) is 8.51. The Balaban J connectivity index is 2.97. The molecule has 0 aliphatic carbocycles. The predicted molar refractivity (Wildman–Crippen MR) is 116 cm³/mol. The number of hydrogen-bond acceptors (Lipinski definition) is 6. The van der Waals surface area contributed by atoms with Crippen LogP contribution >= 0.6 is 0 Å². The molecule has 1 aliphatic rings. The molecule has 1 fully saturated rings. The van der Waals surface area contributed by atoms with Gasteiger partial charge in [-0.05, 0) is 59.3 Å². The van der Waals surface area contributed by atoms with Gasteiger partial charge >= 0.3 is 12.1 Å². The smallest absolute Gasteiger partial charge is 0.408 e. The molecule has 178 valence electrons. The molecule has 9 heteroatoms. The van der Waals surface area contributed by atoms with Crippen LogP contribution in [0.2, 0.25) is 0 Å². The molecule has 1 rings (SSSR count). The van der Waals surface area contributed by atoms with Crippen LogP contribution in [0.5, 0.6) is 0 Å². The van der Waals surface area contributed by atoms with Gasteiger partial charge in [0.1, 0.15) is 17.7 Å². The number of esters is 1. The van der Waals surface area contributed by atoms with Gasteiger partial charge in [-0.2, -0.15) is 0 Å². The number of carbonyl (C=O) groups excluding carboxylic acids is 4. The third kappa shape index (κ3) is 9.57. The maximum Gasteiger partial charge on any atom is 0.408 e. The van der Waals surface area contributed by atoms with E-state index in [1.807, 2.05) is 34.6 Å². The zero-order valence-corrected chi connectivity index (χ0v) is 20.3. The van der Waals surface area contributed by atoms with Crippen LogP contribution in [0.3, 0.4) is 0 Å². The monoisotopic (exact) mass is 441 g/mol. The fourth-order valence-electron chi connectivity index (χ4n) is 3.57. The summed E-state index contributed by atoms with van der Waals surface area (Å²) in [5.74, 6) is -1.77. The van der Waals surface area contributed by atoms with Crippen molar-refractivity contribution in [2.24, 2.45) is 11.3 Å². The van der Waals surface area contributed by atoms with Gasteiger partial charge in [-0.15, -0.1) is 0 Å². The molecular formula is C22H39N3O6. The highest BCUT2D eigenvalue weighted by Gasteiger charge is 2.41. The number of amides is 3. The summed E-state index contributed by atoms with van der Waals surface area (Å²) in [6, 6.07) is -1.93. The Bertz CT molecular complexity index is 690. The second-order valence-electron chi connectivity index (χ2n) is 11.1. The van der Waals surface area contributed by atoms with Gasteiger partial charge in [0.25, 0.3) is 0 Å². The largest absolute Gasteiger partial charge is 0.467 e. The number of nitrogens with one attached hydrogen (secondary N) is 3. The molecule has 3 amide bonds. The van der Waals surface area contributed by atoms with E-state index < -0.39 is 41.6 Å². The van der Waals surface area contributed by atoms with Crippen molar-refractivity contribution in [1.29, 1.82) is 0 Å². The summed E-state index contributed by atoms with van der Waals surface area (Å²) in [5, 5.41) is 8.16. The standard InChI is InChI=1S/C22H39N3O6/c1-20(2,3)12-15(24-19(29)31-21(4,5)6)17(27)23-14(18(28)30-9)10-13-11-22(7,8)25-16(13)26/h13-15H,10-12H2,1-9H3,(H,23,27)(H,24,29)(H,25,26)/t13-,14+,15+/m1/s1. The summed E-state index contributed by atoms with van der Waals surface area (Å²) in [4.78, 5) is 49.9. The number of methoxy groups -OCH3 is 1. The molecule has 1 heterocycles. The molecule has 31 heavy (non-hydrogen) atoms. The molecule has 0 radical (unpaired) electrons. The van der Waals surface area contributed by atoms with Crippen molar-refractivity contribution >= 4 is 23.9 Å². The van der Waals surface area contributed by atoms with Crippen molar-refractivity contribution in [1.82, 2.24) is 16.0 Å². The average molecular weight is 442 g/mol. The lowest BCUT2D eigenvalue weighted by atomic mass is 9.87. The molecule has 1 aliphatic heterocycles. The zero-order valence-electron chi connectivity index (χ0n) is 20.3. The van der Waals surface area contributed by atoms with Gasteiger partial charge in [0.2, 0.25) is 11.8 Å². The van der Waals surface area contributed by atoms with E-state index in [4.69, 9.17) is 9.47 Å². The van der Waals surface area contributed by atoms with Crippen molar-refractivity contribution in [3.05, 3.63) is 0 Å². The molecule has 0 aromatic carbocycles. The fourth-order valence-corrected chi connectivity index (χ4v) is 3.57. The highest BCUT2D eigenvalue weighted by atomic mass is 16.6. The summed E-state index contributed by atoms with van der Waals surface area (Å²) in [5.41, 5.74) is -1.38. The second kappa shape index (κ2) is 9.87. The lowest BCUT2D eigenvalue weighted by molar-refractivity contribution is -0.146. The highest BCUT2D eigenvalue weighted by Crippen LogP contribution is 2.28. The first-order chi connectivity index (χ1) is 13.9. The lowest BCUT2D eigenvalue weighted by Gasteiger charge is -2.29. The van der Waals surface area contributed by atoms with E-state index in [2.05, 4.69) is 16.0 Å². The van der Waals surface area contributed by atoms with E-state index in [-0.39, 0.29) is 23.3 Å². The van der Waals surface area contributed by atoms with Gasteiger partial charge in [-0.1, -0.05) is 20.8 Å². The first kappa shape index (κ1) is 26.7. The third-order valence-corrected chi connectivity index (χ3v) is 4.74. The van der Waals surface area contributed by atoms with Crippen LogP contribution in [0.15, 0.2) is 0 Å². The molecular weight excluding hydrogens is 402 g/mol. The Hall–Kier alpha value is -2.32. The summed E-state index contributed by atoms with van der Waals surface area (Å²) in [6.45, 7) is 14.8. The van der Waals surface area contributed by atoms with Crippen molar-refractivity contribution in [2.45, 2.75) is 97.9 Å². The number of carbonyl (C=O) groups is 4. The van der Waals surface area contributed by atoms with E-state index in [1.165, 1.54) is 7.11 Å². The SMILES string of the molecule is COC(=O)[C@H](C[C@@H]1CC(C)(C)NC1=O)NC(=O)[C@H](CC(C)(C)C)NC(=O)OC(C)(C)C. The molecule has 1 saturated heterocycles. The zero-order chi connectivity index (χ0) is 24.2. The second-order valence-corrected chi connectivity index (χ2v) is 11.1. The lowest BCUT2D eigenvalue weighted by Crippen LogP contribution is -2.54. The number of ether oxygens (including phenoxy) is 2. The van der Waals surface area contributed by atoms with Crippen LogP contribution in [0.25, 0.3) is 0 Å². The van der Waals surface area contributed by atoms with Crippen molar-refractivity contribution < 1.29 is 28.7 Å². The number of alkyl carbamates (subject to hydrolysis) is 1. The maximum atomic E-state index is 13.0. The van der Waals surface area contributed by atoms with E-state index in [0.717, 1.165) is 0 Å². The van der Waals surface area contributed by atoms with Crippen molar-refractivity contribution in [3.63, 3.8) is 0 Å². The fraction of sp³-hybridized carbons (Fsp3) is 0.818. The van der Waals surface area contributed by atoms with E-state index in [9.17, 15) is 19.2 Å². The molecule has 0 aromatic rings. The Morgan fingerprint density at radius 3 is 2.10 bits per heavy atom.